The Balaban J connectivity index is 1.84. The van der Waals surface area contributed by atoms with E-state index in [9.17, 15) is 13.2 Å². The summed E-state index contributed by atoms with van der Waals surface area (Å²) in [5.74, 6) is 0.0944. The first-order chi connectivity index (χ1) is 12.8. The van der Waals surface area contributed by atoms with Gasteiger partial charge in [-0.25, -0.2) is 8.42 Å². The molecule has 1 aromatic carbocycles. The number of amides is 1. The topological polar surface area (TPSA) is 92.5 Å². The Labute approximate surface area is 162 Å². The molecule has 3 unspecified atom stereocenters. The number of piperidine rings is 1. The van der Waals surface area contributed by atoms with Gasteiger partial charge in [0, 0.05) is 24.2 Å². The van der Waals surface area contributed by atoms with E-state index in [1.165, 1.54) is 6.07 Å². The van der Waals surface area contributed by atoms with E-state index in [2.05, 4.69) is 5.32 Å². The van der Waals surface area contributed by atoms with Crippen LogP contribution < -0.4 is 11.1 Å². The number of nitrogens with zero attached hydrogens (tertiary/aromatic N) is 1. The molecule has 27 heavy (non-hydrogen) atoms. The van der Waals surface area contributed by atoms with Gasteiger partial charge in [-0.2, -0.15) is 4.31 Å². The fourth-order valence-electron chi connectivity index (χ4n) is 4.33. The van der Waals surface area contributed by atoms with Crippen molar-refractivity contribution in [3.63, 3.8) is 0 Å². The van der Waals surface area contributed by atoms with Crippen LogP contribution in [0.1, 0.15) is 61.4 Å². The molecule has 0 spiro atoms. The first-order valence-corrected chi connectivity index (χ1v) is 11.4. The van der Waals surface area contributed by atoms with E-state index in [1.807, 2.05) is 13.8 Å². The lowest BCUT2D eigenvalue weighted by Crippen LogP contribution is -2.42. The van der Waals surface area contributed by atoms with Gasteiger partial charge in [-0.15, -0.1) is 0 Å². The molecular formula is C20H31N3O3S. The third-order valence-electron chi connectivity index (χ3n) is 6.08. The summed E-state index contributed by atoms with van der Waals surface area (Å²) in [6.45, 7) is 4.89. The zero-order valence-corrected chi connectivity index (χ0v) is 17.1. The van der Waals surface area contributed by atoms with Crippen LogP contribution in [-0.2, 0) is 10.0 Å². The lowest BCUT2D eigenvalue weighted by molar-refractivity contribution is 0.0928. The molecule has 1 saturated carbocycles. The summed E-state index contributed by atoms with van der Waals surface area (Å²) in [7, 11) is -3.59. The van der Waals surface area contributed by atoms with Crippen molar-refractivity contribution < 1.29 is 13.2 Å². The molecule has 1 saturated heterocycles. The fraction of sp³-hybridized carbons (Fsp3) is 0.650. The van der Waals surface area contributed by atoms with E-state index < -0.39 is 10.0 Å². The van der Waals surface area contributed by atoms with Gasteiger partial charge in [-0.1, -0.05) is 18.9 Å². The second-order valence-corrected chi connectivity index (χ2v) is 9.83. The minimum absolute atomic E-state index is 0.00821. The highest BCUT2D eigenvalue weighted by Gasteiger charge is 2.32. The highest BCUT2D eigenvalue weighted by molar-refractivity contribution is 7.89. The van der Waals surface area contributed by atoms with Gasteiger partial charge in [0.25, 0.3) is 5.91 Å². The Kier molecular flexibility index (Phi) is 6.23. The first kappa shape index (κ1) is 20.3. The molecule has 3 rings (SSSR count). The van der Waals surface area contributed by atoms with Crippen molar-refractivity contribution in [2.24, 2.45) is 11.7 Å². The Morgan fingerprint density at radius 1 is 1.22 bits per heavy atom. The maximum Gasteiger partial charge on any atom is 0.251 e. The van der Waals surface area contributed by atoms with Crippen LogP contribution in [0.4, 0.5) is 0 Å². The molecule has 1 heterocycles. The van der Waals surface area contributed by atoms with Crippen LogP contribution in [0.25, 0.3) is 0 Å². The highest BCUT2D eigenvalue weighted by atomic mass is 32.2. The molecule has 150 valence electrons. The third-order valence-corrected chi connectivity index (χ3v) is 8.09. The van der Waals surface area contributed by atoms with Gasteiger partial charge in [0.05, 0.1) is 4.90 Å². The van der Waals surface area contributed by atoms with Crippen LogP contribution >= 0.6 is 0 Å². The number of carbonyl (C=O) groups is 1. The van der Waals surface area contributed by atoms with Crippen molar-refractivity contribution in [1.82, 2.24) is 9.62 Å². The smallest absolute Gasteiger partial charge is 0.251 e. The number of rotatable bonds is 5. The molecule has 3 atom stereocenters. The van der Waals surface area contributed by atoms with Gasteiger partial charge < -0.3 is 11.1 Å². The lowest BCUT2D eigenvalue weighted by atomic mass is 10.0. The predicted molar refractivity (Wildman–Crippen MR) is 106 cm³/mol. The molecule has 2 fully saturated rings. The van der Waals surface area contributed by atoms with Gasteiger partial charge in [0.2, 0.25) is 10.0 Å². The molecule has 1 aliphatic heterocycles. The quantitative estimate of drug-likeness (QED) is 0.803. The number of sulfonamides is 1. The zero-order chi connectivity index (χ0) is 19.6. The van der Waals surface area contributed by atoms with Gasteiger partial charge in [0.15, 0.2) is 0 Å². The number of carbonyl (C=O) groups excluding carboxylic acids is 1. The van der Waals surface area contributed by atoms with Gasteiger partial charge in [-0.3, -0.25) is 4.79 Å². The molecule has 6 nitrogen and oxygen atoms in total. The monoisotopic (exact) mass is 393 g/mol. The van der Waals surface area contributed by atoms with Crippen LogP contribution in [0.2, 0.25) is 0 Å². The van der Waals surface area contributed by atoms with Crippen molar-refractivity contribution in [2.45, 2.75) is 69.4 Å². The van der Waals surface area contributed by atoms with Crippen molar-refractivity contribution in [2.75, 3.05) is 13.1 Å². The standard InChI is InChI=1S/C20H31N3O3S/c1-14-9-10-17(27(25,26)23-11-4-3-6-15(23)2)12-18(14)20(24)22-19-8-5-7-16(19)13-21/h9-10,12,15-16,19H,3-8,11,13,21H2,1-2H3,(H,22,24). The van der Waals surface area contributed by atoms with Gasteiger partial charge in [0.1, 0.15) is 0 Å². The minimum atomic E-state index is -3.59. The Morgan fingerprint density at radius 2 is 2.00 bits per heavy atom. The molecule has 0 radical (unpaired) electrons. The number of benzene rings is 1. The fourth-order valence-corrected chi connectivity index (χ4v) is 6.05. The molecule has 1 amide bonds. The number of hydrogen-bond donors (Lipinski definition) is 2. The van der Waals surface area contributed by atoms with E-state index in [4.69, 9.17) is 5.73 Å². The van der Waals surface area contributed by atoms with E-state index in [0.29, 0.717) is 24.6 Å². The maximum atomic E-state index is 13.1. The van der Waals surface area contributed by atoms with Crippen LogP contribution in [0.15, 0.2) is 23.1 Å². The van der Waals surface area contributed by atoms with Crippen molar-refractivity contribution in [3.05, 3.63) is 29.3 Å². The Morgan fingerprint density at radius 3 is 2.70 bits per heavy atom. The molecule has 2 aliphatic rings. The van der Waals surface area contributed by atoms with Crippen LogP contribution in [0.3, 0.4) is 0 Å². The SMILES string of the molecule is Cc1ccc(S(=O)(=O)N2CCCCC2C)cc1C(=O)NC1CCCC1CN. The Bertz CT molecular complexity index is 794. The zero-order valence-electron chi connectivity index (χ0n) is 16.3. The van der Waals surface area contributed by atoms with Crippen molar-refractivity contribution in [1.29, 1.82) is 0 Å². The summed E-state index contributed by atoms with van der Waals surface area (Å²) >= 11 is 0. The normalized spacial score (nSPS) is 26.9. The van der Waals surface area contributed by atoms with Crippen molar-refractivity contribution >= 4 is 15.9 Å². The molecule has 1 aliphatic carbocycles. The molecule has 0 aromatic heterocycles. The summed E-state index contributed by atoms with van der Waals surface area (Å²) in [4.78, 5) is 13.0. The number of aryl methyl sites for hydroxylation is 1. The summed E-state index contributed by atoms with van der Waals surface area (Å²) in [6.07, 6.45) is 5.83. The molecule has 1 aromatic rings. The number of nitrogens with two attached hydrogens (primary N) is 1. The summed E-state index contributed by atoms with van der Waals surface area (Å²) in [6, 6.07) is 4.94. The highest BCUT2D eigenvalue weighted by Crippen LogP contribution is 2.28. The number of nitrogens with one attached hydrogen (secondary N) is 1. The first-order valence-electron chi connectivity index (χ1n) is 9.98. The molecule has 0 bridgehead atoms. The molecule has 3 N–H and O–H groups in total. The Hall–Kier alpha value is -1.44. The van der Waals surface area contributed by atoms with Crippen LogP contribution in [0.5, 0.6) is 0 Å². The molecule has 7 heteroatoms. The van der Waals surface area contributed by atoms with Crippen LogP contribution in [0, 0.1) is 12.8 Å². The second-order valence-electron chi connectivity index (χ2n) is 7.94. The van der Waals surface area contributed by atoms with Gasteiger partial charge in [-0.05, 0) is 69.7 Å². The molecular weight excluding hydrogens is 362 g/mol. The van der Waals surface area contributed by atoms with E-state index >= 15 is 0 Å². The predicted octanol–water partition coefficient (Wildman–Crippen LogP) is 2.42. The largest absolute Gasteiger partial charge is 0.349 e. The lowest BCUT2D eigenvalue weighted by Gasteiger charge is -2.32. The summed E-state index contributed by atoms with van der Waals surface area (Å²) in [5, 5.41) is 3.08. The average Bonchev–Trinajstić information content (AvgIpc) is 3.09. The van der Waals surface area contributed by atoms with E-state index in [1.54, 1.807) is 16.4 Å². The number of hydrogen-bond acceptors (Lipinski definition) is 4. The summed E-state index contributed by atoms with van der Waals surface area (Å²) < 4.78 is 27.8. The second kappa shape index (κ2) is 8.29. The summed E-state index contributed by atoms with van der Waals surface area (Å²) in [5.41, 5.74) is 7.02. The maximum absolute atomic E-state index is 13.1. The third kappa shape index (κ3) is 4.20. The van der Waals surface area contributed by atoms with E-state index in [0.717, 1.165) is 44.1 Å². The van der Waals surface area contributed by atoms with E-state index in [-0.39, 0.29) is 22.9 Å². The van der Waals surface area contributed by atoms with Crippen molar-refractivity contribution in [3.8, 4) is 0 Å². The van der Waals surface area contributed by atoms with Crippen LogP contribution in [-0.4, -0.2) is 43.8 Å². The van der Waals surface area contributed by atoms with Gasteiger partial charge >= 0.3 is 0 Å². The minimum Gasteiger partial charge on any atom is -0.349 e. The average molecular weight is 394 g/mol.